The largest absolute Gasteiger partial charge is 0.494 e. The van der Waals surface area contributed by atoms with E-state index in [0.29, 0.717) is 5.92 Å². The van der Waals surface area contributed by atoms with Crippen molar-refractivity contribution in [1.29, 1.82) is 0 Å². The van der Waals surface area contributed by atoms with Crippen molar-refractivity contribution in [3.8, 4) is 5.75 Å². The molecule has 1 atom stereocenters. The lowest BCUT2D eigenvalue weighted by Gasteiger charge is -2.16. The van der Waals surface area contributed by atoms with Crippen molar-refractivity contribution in [2.45, 2.75) is 23.8 Å². The fourth-order valence-electron chi connectivity index (χ4n) is 1.92. The predicted molar refractivity (Wildman–Crippen MR) is 76.1 cm³/mol. The van der Waals surface area contributed by atoms with Gasteiger partial charge in [-0.05, 0) is 37.0 Å². The number of hydrogen-bond donors (Lipinski definition) is 2. The highest BCUT2D eigenvalue weighted by Crippen LogP contribution is 2.33. The molecule has 8 heteroatoms. The van der Waals surface area contributed by atoms with E-state index >= 15 is 0 Å². The Morgan fingerprint density at radius 2 is 2.15 bits per heavy atom. The zero-order valence-electron chi connectivity index (χ0n) is 11.0. The summed E-state index contributed by atoms with van der Waals surface area (Å²) in [5, 5.41) is 0. The lowest BCUT2D eigenvalue weighted by atomic mass is 10.2. The highest BCUT2D eigenvalue weighted by atomic mass is 35.5. The molecule has 114 valence electrons. The number of sulfonamides is 1. The third-order valence-corrected chi connectivity index (χ3v) is 4.67. The molecule has 0 amide bonds. The van der Waals surface area contributed by atoms with E-state index in [1.165, 1.54) is 19.2 Å². The van der Waals surface area contributed by atoms with Crippen LogP contribution in [0.4, 0.5) is 4.39 Å². The zero-order chi connectivity index (χ0) is 14.0. The minimum atomic E-state index is -3.75. The first kappa shape index (κ1) is 17.2. The summed E-state index contributed by atoms with van der Waals surface area (Å²) in [5.41, 5.74) is 5.55. The quantitative estimate of drug-likeness (QED) is 0.825. The number of rotatable bonds is 6. The molecule has 2 rings (SSSR count). The zero-order valence-corrected chi connectivity index (χ0v) is 12.6. The van der Waals surface area contributed by atoms with Crippen molar-refractivity contribution in [3.63, 3.8) is 0 Å². The molecule has 1 aromatic rings. The Hall–Kier alpha value is -0.890. The maximum atomic E-state index is 13.5. The van der Waals surface area contributed by atoms with Crippen molar-refractivity contribution in [2.75, 3.05) is 13.7 Å². The van der Waals surface area contributed by atoms with Gasteiger partial charge in [0.15, 0.2) is 11.6 Å². The number of ether oxygens (including phenoxy) is 1. The molecular formula is C12H18ClFN2O3S. The van der Waals surface area contributed by atoms with Crippen LogP contribution in [-0.2, 0) is 10.0 Å². The molecule has 0 saturated heterocycles. The van der Waals surface area contributed by atoms with Crippen LogP contribution in [0.15, 0.2) is 23.1 Å². The molecule has 0 heterocycles. The van der Waals surface area contributed by atoms with Crippen LogP contribution in [0.25, 0.3) is 0 Å². The number of methoxy groups -OCH3 is 1. The number of benzene rings is 1. The lowest BCUT2D eigenvalue weighted by Crippen LogP contribution is -2.41. The van der Waals surface area contributed by atoms with E-state index in [4.69, 9.17) is 10.5 Å². The first-order valence-corrected chi connectivity index (χ1v) is 7.52. The molecule has 1 saturated carbocycles. The molecule has 0 bridgehead atoms. The second kappa shape index (κ2) is 6.71. The van der Waals surface area contributed by atoms with Gasteiger partial charge >= 0.3 is 0 Å². The van der Waals surface area contributed by atoms with Gasteiger partial charge < -0.3 is 10.5 Å². The molecule has 1 unspecified atom stereocenters. The molecule has 1 fully saturated rings. The second-order valence-electron chi connectivity index (χ2n) is 4.60. The van der Waals surface area contributed by atoms with Gasteiger partial charge in [0.2, 0.25) is 10.0 Å². The van der Waals surface area contributed by atoms with Crippen molar-refractivity contribution in [1.82, 2.24) is 4.72 Å². The first-order valence-electron chi connectivity index (χ1n) is 6.04. The molecular weight excluding hydrogens is 307 g/mol. The maximum Gasteiger partial charge on any atom is 0.240 e. The van der Waals surface area contributed by atoms with Crippen molar-refractivity contribution in [2.24, 2.45) is 11.7 Å². The summed E-state index contributed by atoms with van der Waals surface area (Å²) < 4.78 is 45.0. The van der Waals surface area contributed by atoms with Gasteiger partial charge in [-0.2, -0.15) is 0 Å². The highest BCUT2D eigenvalue weighted by molar-refractivity contribution is 7.89. The minimum Gasteiger partial charge on any atom is -0.494 e. The van der Waals surface area contributed by atoms with E-state index in [9.17, 15) is 12.8 Å². The molecule has 0 radical (unpaired) electrons. The molecule has 3 N–H and O–H groups in total. The van der Waals surface area contributed by atoms with Crippen LogP contribution in [0.1, 0.15) is 12.8 Å². The normalized spacial score (nSPS) is 16.4. The van der Waals surface area contributed by atoms with Crippen LogP contribution >= 0.6 is 12.4 Å². The molecule has 5 nitrogen and oxygen atoms in total. The van der Waals surface area contributed by atoms with Gasteiger partial charge in [-0.25, -0.2) is 17.5 Å². The van der Waals surface area contributed by atoms with E-state index in [0.717, 1.165) is 18.9 Å². The molecule has 1 aliphatic rings. The molecule has 20 heavy (non-hydrogen) atoms. The Kier molecular flexibility index (Phi) is 5.76. The number of halogens is 2. The lowest BCUT2D eigenvalue weighted by molar-refractivity contribution is 0.385. The Bertz CT molecular complexity index is 564. The number of nitrogens with two attached hydrogens (primary N) is 1. The van der Waals surface area contributed by atoms with Crippen LogP contribution in [0.2, 0.25) is 0 Å². The molecule has 1 aromatic carbocycles. The standard InChI is InChI=1S/C12H17FN2O3S.ClH/c1-18-12-5-4-9(6-10(12)13)19(16,17)15-11(7-14)8-2-3-8;/h4-6,8,11,15H,2-3,7,14H2,1H3;1H. The monoisotopic (exact) mass is 324 g/mol. The van der Waals surface area contributed by atoms with Gasteiger partial charge in [-0.3, -0.25) is 0 Å². The van der Waals surface area contributed by atoms with Crippen LogP contribution in [-0.4, -0.2) is 28.1 Å². The molecule has 0 spiro atoms. The van der Waals surface area contributed by atoms with E-state index in [1.54, 1.807) is 0 Å². The summed E-state index contributed by atoms with van der Waals surface area (Å²) in [4.78, 5) is -0.120. The number of hydrogen-bond acceptors (Lipinski definition) is 4. The van der Waals surface area contributed by atoms with E-state index in [-0.39, 0.29) is 35.6 Å². The third-order valence-electron chi connectivity index (χ3n) is 3.19. The summed E-state index contributed by atoms with van der Waals surface area (Å²) in [6.45, 7) is 0.239. The molecule has 1 aliphatic carbocycles. The number of nitrogens with one attached hydrogen (secondary N) is 1. The predicted octanol–water partition coefficient (Wildman–Crippen LogP) is 1.27. The van der Waals surface area contributed by atoms with E-state index in [1.807, 2.05) is 0 Å². The Balaban J connectivity index is 0.00000200. The van der Waals surface area contributed by atoms with Crippen LogP contribution in [0.3, 0.4) is 0 Å². The summed E-state index contributed by atoms with van der Waals surface area (Å²) in [6, 6.07) is 3.26. The van der Waals surface area contributed by atoms with Crippen molar-refractivity contribution >= 4 is 22.4 Å². The fraction of sp³-hybridized carbons (Fsp3) is 0.500. The Morgan fingerprint density at radius 3 is 2.60 bits per heavy atom. The van der Waals surface area contributed by atoms with Gasteiger partial charge in [0.1, 0.15) is 0 Å². The van der Waals surface area contributed by atoms with E-state index < -0.39 is 15.8 Å². The third kappa shape index (κ3) is 3.82. The Morgan fingerprint density at radius 1 is 1.50 bits per heavy atom. The van der Waals surface area contributed by atoms with Gasteiger partial charge in [0, 0.05) is 12.6 Å². The second-order valence-corrected chi connectivity index (χ2v) is 6.31. The van der Waals surface area contributed by atoms with Crippen LogP contribution < -0.4 is 15.2 Å². The molecule has 0 aliphatic heterocycles. The average molecular weight is 325 g/mol. The SMILES string of the molecule is COc1ccc(S(=O)(=O)NC(CN)C2CC2)cc1F.Cl. The molecule has 0 aromatic heterocycles. The summed E-state index contributed by atoms with van der Waals surface area (Å²) in [5.74, 6) is -0.402. The average Bonchev–Trinajstić information content (AvgIpc) is 3.20. The smallest absolute Gasteiger partial charge is 0.240 e. The van der Waals surface area contributed by atoms with Crippen LogP contribution in [0, 0.1) is 11.7 Å². The topological polar surface area (TPSA) is 81.4 Å². The Labute approximate surface area is 124 Å². The minimum absolute atomic E-state index is 0. The maximum absolute atomic E-state index is 13.5. The van der Waals surface area contributed by atoms with Gasteiger partial charge in [-0.15, -0.1) is 12.4 Å². The van der Waals surface area contributed by atoms with Crippen molar-refractivity contribution in [3.05, 3.63) is 24.0 Å². The van der Waals surface area contributed by atoms with Gasteiger partial charge in [0.25, 0.3) is 0 Å². The van der Waals surface area contributed by atoms with Gasteiger partial charge in [-0.1, -0.05) is 0 Å². The van der Waals surface area contributed by atoms with Crippen LogP contribution in [0.5, 0.6) is 5.75 Å². The van der Waals surface area contributed by atoms with E-state index in [2.05, 4.69) is 4.72 Å². The highest BCUT2D eigenvalue weighted by Gasteiger charge is 2.33. The summed E-state index contributed by atoms with van der Waals surface area (Å²) >= 11 is 0. The first-order chi connectivity index (χ1) is 8.97. The summed E-state index contributed by atoms with van der Waals surface area (Å²) in [6.07, 6.45) is 1.95. The van der Waals surface area contributed by atoms with Gasteiger partial charge in [0.05, 0.1) is 12.0 Å². The van der Waals surface area contributed by atoms with Crippen molar-refractivity contribution < 1.29 is 17.5 Å². The summed E-state index contributed by atoms with van der Waals surface area (Å²) in [7, 11) is -2.43. The fourth-order valence-corrected chi connectivity index (χ4v) is 3.25.